The lowest BCUT2D eigenvalue weighted by molar-refractivity contribution is 0.0211. The van der Waals surface area contributed by atoms with Crippen LogP contribution < -0.4 is 10.6 Å². The molecule has 1 aromatic rings. The fourth-order valence-corrected chi connectivity index (χ4v) is 3.91. The smallest absolute Gasteiger partial charge is 0.191 e. The molecule has 1 heterocycles. The summed E-state index contributed by atoms with van der Waals surface area (Å²) in [6.45, 7) is 10.4. The summed E-state index contributed by atoms with van der Waals surface area (Å²) < 4.78 is 18.7. The van der Waals surface area contributed by atoms with Crippen molar-refractivity contribution in [3.05, 3.63) is 35.6 Å². The second-order valence-electron chi connectivity index (χ2n) is 7.71. The molecule has 1 aromatic carbocycles. The molecule has 0 radical (unpaired) electrons. The molecule has 1 saturated carbocycles. The van der Waals surface area contributed by atoms with Gasteiger partial charge < -0.3 is 15.4 Å². The van der Waals surface area contributed by atoms with E-state index in [1.165, 1.54) is 12.0 Å². The molecule has 28 heavy (non-hydrogen) atoms. The summed E-state index contributed by atoms with van der Waals surface area (Å²) in [4.78, 5) is 7.33. The van der Waals surface area contributed by atoms with E-state index in [4.69, 9.17) is 9.73 Å². The fourth-order valence-electron chi connectivity index (χ4n) is 3.91. The van der Waals surface area contributed by atoms with E-state index in [1.807, 2.05) is 12.1 Å². The third kappa shape index (κ3) is 6.03. The Morgan fingerprint density at radius 3 is 2.46 bits per heavy atom. The second-order valence-corrected chi connectivity index (χ2v) is 7.71. The highest BCUT2D eigenvalue weighted by Crippen LogP contribution is 2.44. The van der Waals surface area contributed by atoms with Crippen LogP contribution in [0.5, 0.6) is 0 Å². The molecular formula is C21H34FIN4O. The van der Waals surface area contributed by atoms with Crippen LogP contribution in [0.4, 0.5) is 4.39 Å². The van der Waals surface area contributed by atoms with Gasteiger partial charge in [0.1, 0.15) is 5.82 Å². The molecule has 1 atom stereocenters. The summed E-state index contributed by atoms with van der Waals surface area (Å²) in [5.41, 5.74) is 1.27. The first-order valence-electron chi connectivity index (χ1n) is 10.2. The molecule has 0 bridgehead atoms. The van der Waals surface area contributed by atoms with Gasteiger partial charge in [-0.3, -0.25) is 9.89 Å². The van der Waals surface area contributed by atoms with Crippen molar-refractivity contribution < 1.29 is 9.13 Å². The number of halogens is 2. The number of nitrogens with one attached hydrogen (secondary N) is 2. The van der Waals surface area contributed by atoms with Crippen LogP contribution in [0.3, 0.4) is 0 Å². The first-order valence-corrected chi connectivity index (χ1v) is 10.2. The highest BCUT2D eigenvalue weighted by molar-refractivity contribution is 14.0. The molecular weight excluding hydrogens is 470 g/mol. The van der Waals surface area contributed by atoms with Crippen molar-refractivity contribution in [2.24, 2.45) is 4.99 Å². The van der Waals surface area contributed by atoms with Crippen LogP contribution >= 0.6 is 24.0 Å². The van der Waals surface area contributed by atoms with Crippen molar-refractivity contribution >= 4 is 29.9 Å². The highest BCUT2D eigenvalue weighted by Gasteiger charge is 2.38. The number of ether oxygens (including phenoxy) is 1. The van der Waals surface area contributed by atoms with Crippen molar-refractivity contribution in [1.82, 2.24) is 15.5 Å². The van der Waals surface area contributed by atoms with Crippen molar-refractivity contribution in [2.75, 3.05) is 45.9 Å². The van der Waals surface area contributed by atoms with Crippen LogP contribution in [0.15, 0.2) is 29.3 Å². The van der Waals surface area contributed by atoms with E-state index in [0.29, 0.717) is 6.04 Å². The molecule has 1 saturated heterocycles. The molecule has 2 aliphatic rings. The Bertz CT molecular complexity index is 615. The summed E-state index contributed by atoms with van der Waals surface area (Å²) in [5, 5.41) is 6.85. The van der Waals surface area contributed by atoms with E-state index in [2.05, 4.69) is 29.4 Å². The van der Waals surface area contributed by atoms with Gasteiger partial charge >= 0.3 is 0 Å². The molecule has 0 aromatic heterocycles. The highest BCUT2D eigenvalue weighted by atomic mass is 127. The molecule has 1 aliphatic heterocycles. The Morgan fingerprint density at radius 1 is 1.21 bits per heavy atom. The topological polar surface area (TPSA) is 48.9 Å². The van der Waals surface area contributed by atoms with Crippen molar-refractivity contribution in [3.63, 3.8) is 0 Å². The first-order chi connectivity index (χ1) is 13.1. The number of nitrogens with zero attached hydrogens (tertiary/aromatic N) is 2. The van der Waals surface area contributed by atoms with E-state index in [0.717, 1.165) is 64.7 Å². The average Bonchev–Trinajstić information content (AvgIpc) is 2.66. The van der Waals surface area contributed by atoms with Gasteiger partial charge in [-0.25, -0.2) is 4.39 Å². The number of hydrogen-bond donors (Lipinski definition) is 2. The lowest BCUT2D eigenvalue weighted by atomic mass is 9.64. The Kier molecular flexibility index (Phi) is 9.43. The lowest BCUT2D eigenvalue weighted by Gasteiger charge is -2.41. The standard InChI is InChI=1S/C21H33FN4O.HI/c1-3-23-20(24-15-17(2)26-11-13-27-14-12-26)25-16-21(9-4-10-21)18-5-7-19(22)8-6-18;/h5-8,17H,3-4,9-16H2,1-2H3,(H2,23,24,25);1H. The zero-order valence-electron chi connectivity index (χ0n) is 17.0. The van der Waals surface area contributed by atoms with Crippen molar-refractivity contribution in [2.45, 2.75) is 44.6 Å². The Hall–Kier alpha value is -0.930. The van der Waals surface area contributed by atoms with Gasteiger partial charge in [0.25, 0.3) is 0 Å². The van der Waals surface area contributed by atoms with Gasteiger partial charge in [0.15, 0.2) is 5.96 Å². The van der Waals surface area contributed by atoms with E-state index < -0.39 is 0 Å². The summed E-state index contributed by atoms with van der Waals surface area (Å²) in [6, 6.07) is 7.40. The molecule has 2 fully saturated rings. The molecule has 2 N–H and O–H groups in total. The lowest BCUT2D eigenvalue weighted by Crippen LogP contribution is -2.49. The third-order valence-corrected chi connectivity index (χ3v) is 5.89. The van der Waals surface area contributed by atoms with Gasteiger partial charge in [0, 0.05) is 37.6 Å². The van der Waals surface area contributed by atoms with Gasteiger partial charge in [-0.1, -0.05) is 18.6 Å². The van der Waals surface area contributed by atoms with Crippen LogP contribution in [0.2, 0.25) is 0 Å². The summed E-state index contributed by atoms with van der Waals surface area (Å²) in [5.74, 6) is 0.690. The first kappa shape index (κ1) is 23.3. The molecule has 7 heteroatoms. The predicted molar refractivity (Wildman–Crippen MR) is 123 cm³/mol. The minimum atomic E-state index is -0.177. The summed E-state index contributed by atoms with van der Waals surface area (Å²) >= 11 is 0. The number of rotatable bonds is 7. The number of morpholine rings is 1. The normalized spacial score (nSPS) is 20.6. The molecule has 5 nitrogen and oxygen atoms in total. The van der Waals surface area contributed by atoms with Crippen LogP contribution in [0.25, 0.3) is 0 Å². The number of aliphatic imine (C=N–C) groups is 1. The van der Waals surface area contributed by atoms with E-state index in [-0.39, 0.29) is 35.2 Å². The van der Waals surface area contributed by atoms with Crippen LogP contribution in [-0.4, -0.2) is 62.8 Å². The molecule has 3 rings (SSSR count). The van der Waals surface area contributed by atoms with E-state index in [1.54, 1.807) is 12.1 Å². The third-order valence-electron chi connectivity index (χ3n) is 5.89. The van der Waals surface area contributed by atoms with E-state index >= 15 is 0 Å². The summed E-state index contributed by atoms with van der Waals surface area (Å²) in [6.07, 6.45) is 3.45. The maximum Gasteiger partial charge on any atom is 0.191 e. The van der Waals surface area contributed by atoms with Gasteiger partial charge in [-0.2, -0.15) is 0 Å². The second kappa shape index (κ2) is 11.3. The molecule has 158 valence electrons. The van der Waals surface area contributed by atoms with Crippen molar-refractivity contribution in [1.29, 1.82) is 0 Å². The van der Waals surface area contributed by atoms with Crippen molar-refractivity contribution in [3.8, 4) is 0 Å². The van der Waals surface area contributed by atoms with Gasteiger partial charge in [-0.15, -0.1) is 24.0 Å². The summed E-state index contributed by atoms with van der Waals surface area (Å²) in [7, 11) is 0. The zero-order chi connectivity index (χ0) is 19.1. The fraction of sp³-hybridized carbons (Fsp3) is 0.667. The Balaban J connectivity index is 0.00000280. The van der Waals surface area contributed by atoms with Crippen LogP contribution in [0, 0.1) is 5.82 Å². The number of hydrogen-bond acceptors (Lipinski definition) is 3. The minimum absolute atomic E-state index is 0. The molecule has 1 unspecified atom stereocenters. The van der Waals surface area contributed by atoms with Gasteiger partial charge in [0.2, 0.25) is 0 Å². The van der Waals surface area contributed by atoms with E-state index in [9.17, 15) is 4.39 Å². The maximum atomic E-state index is 13.3. The molecule has 1 aliphatic carbocycles. The predicted octanol–water partition coefficient (Wildman–Crippen LogP) is 3.14. The Labute approximate surface area is 185 Å². The zero-order valence-corrected chi connectivity index (χ0v) is 19.4. The van der Waals surface area contributed by atoms with Crippen LogP contribution in [0.1, 0.15) is 38.7 Å². The monoisotopic (exact) mass is 504 g/mol. The molecule has 0 amide bonds. The average molecular weight is 504 g/mol. The number of benzene rings is 1. The maximum absolute atomic E-state index is 13.3. The quantitative estimate of drug-likeness (QED) is 0.341. The largest absolute Gasteiger partial charge is 0.379 e. The molecule has 0 spiro atoms. The van der Waals surface area contributed by atoms with Crippen LogP contribution in [-0.2, 0) is 10.2 Å². The Morgan fingerprint density at radius 2 is 1.89 bits per heavy atom. The van der Waals surface area contributed by atoms with Gasteiger partial charge in [-0.05, 0) is 44.4 Å². The minimum Gasteiger partial charge on any atom is -0.379 e. The SMILES string of the molecule is CCNC(=NCC1(c2ccc(F)cc2)CCC1)NCC(C)N1CCOCC1.I. The number of guanidine groups is 1. The van der Waals surface area contributed by atoms with Gasteiger partial charge in [0.05, 0.1) is 19.8 Å².